The van der Waals surface area contributed by atoms with Crippen LogP contribution < -0.4 is 0 Å². The first-order valence-electron chi connectivity index (χ1n) is 6.16. The molecule has 0 fully saturated rings. The zero-order valence-corrected chi connectivity index (χ0v) is 12.2. The number of hydrogen-bond acceptors (Lipinski definition) is 2. The van der Waals surface area contributed by atoms with E-state index in [1.807, 2.05) is 22.9 Å². The van der Waals surface area contributed by atoms with Crippen LogP contribution in [0.15, 0.2) is 41.1 Å². The number of thiophene rings is 1. The van der Waals surface area contributed by atoms with Crippen LogP contribution in [0, 0.1) is 11.8 Å². The maximum Gasteiger partial charge on any atom is 0.237 e. The first kappa shape index (κ1) is 13.6. The molecular formula is C17H16OS. The van der Waals surface area contributed by atoms with Gasteiger partial charge in [0.2, 0.25) is 5.78 Å². The Balaban J connectivity index is 2.15. The second-order valence-electron chi connectivity index (χ2n) is 5.42. The third-order valence-electron chi connectivity index (χ3n) is 2.85. The molecule has 0 unspecified atom stereocenters. The maximum atomic E-state index is 11.7. The van der Waals surface area contributed by atoms with Crippen LogP contribution in [0.4, 0.5) is 0 Å². The smallest absolute Gasteiger partial charge is 0.237 e. The Morgan fingerprint density at radius 3 is 2.32 bits per heavy atom. The first-order valence-corrected chi connectivity index (χ1v) is 7.10. The number of rotatable bonds is 1. The average molecular weight is 268 g/mol. The number of Topliss-reactive ketones (excluding diaryl/α,β-unsaturated/α-hetero) is 1. The number of hydrogen-bond donors (Lipinski definition) is 0. The van der Waals surface area contributed by atoms with Crippen LogP contribution in [0.3, 0.4) is 0 Å². The lowest BCUT2D eigenvalue weighted by Crippen LogP contribution is -2.10. The molecule has 1 aromatic heterocycles. The van der Waals surface area contributed by atoms with Crippen molar-refractivity contribution >= 4 is 17.1 Å². The van der Waals surface area contributed by atoms with E-state index in [9.17, 15) is 4.79 Å². The molecule has 0 aliphatic carbocycles. The lowest BCUT2D eigenvalue weighted by Gasteiger charge is -2.18. The van der Waals surface area contributed by atoms with Crippen molar-refractivity contribution in [2.75, 3.05) is 0 Å². The van der Waals surface area contributed by atoms with Crippen molar-refractivity contribution < 1.29 is 4.79 Å². The second-order valence-corrected chi connectivity index (χ2v) is 6.20. The van der Waals surface area contributed by atoms with E-state index in [1.54, 1.807) is 6.07 Å². The standard InChI is InChI=1S/C17H16OS/c1-17(2,3)15-7-4-13(5-8-15)6-9-16(18)14-10-11-19-12-14/h4-5,7-8,10-12H,1-3H3. The Bertz CT molecular complexity index is 617. The third-order valence-corrected chi connectivity index (χ3v) is 3.54. The fraction of sp³-hybridized carbons (Fsp3) is 0.235. The van der Waals surface area contributed by atoms with Gasteiger partial charge in [0.25, 0.3) is 0 Å². The third kappa shape index (κ3) is 3.56. The summed E-state index contributed by atoms with van der Waals surface area (Å²) in [5, 5.41) is 3.70. The zero-order chi connectivity index (χ0) is 13.9. The van der Waals surface area contributed by atoms with Crippen LogP contribution in [0.2, 0.25) is 0 Å². The minimum atomic E-state index is -0.124. The summed E-state index contributed by atoms with van der Waals surface area (Å²) in [7, 11) is 0. The van der Waals surface area contributed by atoms with Crippen LogP contribution in [0.1, 0.15) is 42.3 Å². The van der Waals surface area contributed by atoms with Crippen LogP contribution in [0.5, 0.6) is 0 Å². The highest BCUT2D eigenvalue weighted by Gasteiger charge is 2.12. The van der Waals surface area contributed by atoms with Gasteiger partial charge in [-0.15, -0.1) is 0 Å². The Morgan fingerprint density at radius 1 is 1.11 bits per heavy atom. The van der Waals surface area contributed by atoms with Gasteiger partial charge in [0.1, 0.15) is 0 Å². The molecule has 1 nitrogen and oxygen atoms in total. The summed E-state index contributed by atoms with van der Waals surface area (Å²) < 4.78 is 0. The second kappa shape index (κ2) is 5.42. The van der Waals surface area contributed by atoms with Crippen molar-refractivity contribution in [1.29, 1.82) is 0 Å². The van der Waals surface area contributed by atoms with Gasteiger partial charge < -0.3 is 0 Å². The number of benzene rings is 1. The van der Waals surface area contributed by atoms with Gasteiger partial charge in [-0.1, -0.05) is 38.8 Å². The van der Waals surface area contributed by atoms with Gasteiger partial charge in [-0.05, 0) is 40.5 Å². The highest BCUT2D eigenvalue weighted by molar-refractivity contribution is 7.08. The minimum absolute atomic E-state index is 0.124. The van der Waals surface area contributed by atoms with Gasteiger partial charge >= 0.3 is 0 Å². The van der Waals surface area contributed by atoms with Gasteiger partial charge in [0.05, 0.1) is 0 Å². The van der Waals surface area contributed by atoms with Crippen LogP contribution in [-0.2, 0) is 5.41 Å². The van der Waals surface area contributed by atoms with E-state index in [4.69, 9.17) is 0 Å². The molecule has 1 aromatic carbocycles. The summed E-state index contributed by atoms with van der Waals surface area (Å²) in [5.41, 5.74) is 2.95. The minimum Gasteiger partial charge on any atom is -0.279 e. The first-order chi connectivity index (χ1) is 8.97. The van der Waals surface area contributed by atoms with E-state index in [2.05, 4.69) is 44.7 Å². The Labute approximate surface area is 118 Å². The molecule has 96 valence electrons. The van der Waals surface area contributed by atoms with E-state index < -0.39 is 0 Å². The highest BCUT2D eigenvalue weighted by Crippen LogP contribution is 2.21. The van der Waals surface area contributed by atoms with E-state index in [0.29, 0.717) is 5.56 Å². The van der Waals surface area contributed by atoms with Gasteiger partial charge in [-0.3, -0.25) is 4.79 Å². The molecule has 2 heteroatoms. The quantitative estimate of drug-likeness (QED) is 0.557. The van der Waals surface area contributed by atoms with Gasteiger partial charge in [-0.2, -0.15) is 11.3 Å². The van der Waals surface area contributed by atoms with Crippen molar-refractivity contribution in [1.82, 2.24) is 0 Å². The van der Waals surface area contributed by atoms with Gasteiger partial charge in [0, 0.05) is 16.5 Å². The number of carbonyl (C=O) groups is 1. The molecule has 0 saturated heterocycles. The average Bonchev–Trinajstić information content (AvgIpc) is 2.89. The summed E-state index contributed by atoms with van der Waals surface area (Å²) >= 11 is 1.51. The van der Waals surface area contributed by atoms with Crippen molar-refractivity contribution in [2.45, 2.75) is 26.2 Å². The molecule has 0 radical (unpaired) electrons. The Morgan fingerprint density at radius 2 is 1.79 bits per heavy atom. The Hall–Kier alpha value is -1.85. The SMILES string of the molecule is CC(C)(C)c1ccc(C#CC(=O)c2ccsc2)cc1. The van der Waals surface area contributed by atoms with Crippen molar-refractivity contribution in [3.8, 4) is 11.8 Å². The van der Waals surface area contributed by atoms with Crippen molar-refractivity contribution in [3.63, 3.8) is 0 Å². The van der Waals surface area contributed by atoms with Gasteiger partial charge in [-0.25, -0.2) is 0 Å². The van der Waals surface area contributed by atoms with Crippen molar-refractivity contribution in [3.05, 3.63) is 57.8 Å². The van der Waals surface area contributed by atoms with Crippen LogP contribution in [0.25, 0.3) is 0 Å². The lowest BCUT2D eigenvalue weighted by atomic mass is 9.87. The molecule has 0 spiro atoms. The molecule has 0 aliphatic rings. The molecule has 0 saturated carbocycles. The maximum absolute atomic E-state index is 11.7. The molecule has 0 bridgehead atoms. The van der Waals surface area contributed by atoms with E-state index >= 15 is 0 Å². The largest absolute Gasteiger partial charge is 0.279 e. The van der Waals surface area contributed by atoms with E-state index in [0.717, 1.165) is 5.56 Å². The normalized spacial score (nSPS) is 10.7. The molecule has 1 heterocycles. The molecule has 0 aliphatic heterocycles. The Kier molecular flexibility index (Phi) is 3.87. The highest BCUT2D eigenvalue weighted by atomic mass is 32.1. The summed E-state index contributed by atoms with van der Waals surface area (Å²) in [6, 6.07) is 9.87. The summed E-state index contributed by atoms with van der Waals surface area (Å²) in [5.74, 6) is 5.47. The lowest BCUT2D eigenvalue weighted by molar-refractivity contribution is 0.105. The summed E-state index contributed by atoms with van der Waals surface area (Å²) in [6.45, 7) is 6.52. The van der Waals surface area contributed by atoms with Crippen molar-refractivity contribution in [2.24, 2.45) is 0 Å². The zero-order valence-electron chi connectivity index (χ0n) is 11.4. The molecule has 2 rings (SSSR count). The molecule has 19 heavy (non-hydrogen) atoms. The monoisotopic (exact) mass is 268 g/mol. The van der Waals surface area contributed by atoms with E-state index in [-0.39, 0.29) is 11.2 Å². The van der Waals surface area contributed by atoms with Crippen LogP contribution >= 0.6 is 11.3 Å². The fourth-order valence-corrected chi connectivity index (χ4v) is 2.28. The van der Waals surface area contributed by atoms with Crippen LogP contribution in [-0.4, -0.2) is 5.78 Å². The predicted molar refractivity (Wildman–Crippen MR) is 80.7 cm³/mol. The van der Waals surface area contributed by atoms with Gasteiger partial charge in [0.15, 0.2) is 0 Å². The molecule has 2 aromatic rings. The summed E-state index contributed by atoms with van der Waals surface area (Å²) in [6.07, 6.45) is 0. The molecule has 0 N–H and O–H groups in total. The predicted octanol–water partition coefficient (Wildman–Crippen LogP) is 4.28. The van der Waals surface area contributed by atoms with E-state index in [1.165, 1.54) is 16.9 Å². The number of carbonyl (C=O) groups excluding carboxylic acids is 1. The molecular weight excluding hydrogens is 252 g/mol. The molecule has 0 amide bonds. The number of ketones is 1. The topological polar surface area (TPSA) is 17.1 Å². The summed E-state index contributed by atoms with van der Waals surface area (Å²) in [4.78, 5) is 11.7. The fourth-order valence-electron chi connectivity index (χ4n) is 1.65. The molecule has 0 atom stereocenters.